The second-order valence-corrected chi connectivity index (χ2v) is 9.41. The summed E-state index contributed by atoms with van der Waals surface area (Å²) in [5.41, 5.74) is 1.23. The molecule has 2 heterocycles. The molecule has 1 aliphatic heterocycles. The Labute approximate surface area is 159 Å². The lowest BCUT2D eigenvalue weighted by atomic mass is 10.1. The van der Waals surface area contributed by atoms with Crippen LogP contribution in [0.2, 0.25) is 5.02 Å². The summed E-state index contributed by atoms with van der Waals surface area (Å²) in [6.45, 7) is 2.71. The summed E-state index contributed by atoms with van der Waals surface area (Å²) in [5, 5.41) is 0.611. The summed E-state index contributed by atoms with van der Waals surface area (Å²) in [6, 6.07) is 10.6. The van der Waals surface area contributed by atoms with E-state index in [2.05, 4.69) is 14.2 Å². The van der Waals surface area contributed by atoms with E-state index in [1.807, 2.05) is 17.0 Å². The molecule has 0 unspecified atom stereocenters. The Morgan fingerprint density at radius 2 is 1.73 bits per heavy atom. The summed E-state index contributed by atoms with van der Waals surface area (Å²) in [5.74, 6) is 0.865. The van der Waals surface area contributed by atoms with Gasteiger partial charge in [-0.2, -0.15) is 4.36 Å². The molecule has 1 aliphatic rings. The molecule has 0 spiro atoms. The molecule has 6 nitrogen and oxygen atoms in total. The minimum atomic E-state index is -2.21. The molecular weight excluding hydrogens is 372 g/mol. The lowest BCUT2D eigenvalue weighted by molar-refractivity contribution is 0.0746. The molecule has 0 saturated carbocycles. The molecule has 0 atom stereocenters. The number of hydrogen-bond acceptors (Lipinski definition) is 5. The van der Waals surface area contributed by atoms with E-state index >= 15 is 0 Å². The van der Waals surface area contributed by atoms with Gasteiger partial charge in [-0.25, -0.2) is 9.19 Å². The molecule has 1 amide bonds. The van der Waals surface area contributed by atoms with Crippen LogP contribution in [0.4, 0.5) is 11.5 Å². The zero-order valence-corrected chi connectivity index (χ0v) is 16.3. The smallest absolute Gasteiger partial charge is 0.253 e. The third kappa shape index (κ3) is 4.74. The molecule has 1 aromatic heterocycles. The van der Waals surface area contributed by atoms with Crippen molar-refractivity contribution in [2.45, 2.75) is 0 Å². The normalized spacial score (nSPS) is 15.0. The Morgan fingerprint density at radius 3 is 2.27 bits per heavy atom. The van der Waals surface area contributed by atoms with Crippen molar-refractivity contribution in [1.82, 2.24) is 9.88 Å². The fourth-order valence-corrected chi connectivity index (χ4v) is 3.54. The van der Waals surface area contributed by atoms with Crippen LogP contribution in [-0.4, -0.2) is 58.7 Å². The van der Waals surface area contributed by atoms with Crippen molar-refractivity contribution in [3.63, 3.8) is 0 Å². The predicted molar refractivity (Wildman–Crippen MR) is 106 cm³/mol. The topological polar surface area (TPSA) is 65.9 Å². The van der Waals surface area contributed by atoms with Gasteiger partial charge in [0.25, 0.3) is 5.91 Å². The number of hydrogen-bond donors (Lipinski definition) is 0. The highest BCUT2D eigenvalue weighted by Gasteiger charge is 2.22. The fourth-order valence-electron chi connectivity index (χ4n) is 2.80. The van der Waals surface area contributed by atoms with Gasteiger partial charge in [0.15, 0.2) is 0 Å². The van der Waals surface area contributed by atoms with Crippen LogP contribution in [-0.2, 0) is 9.73 Å². The molecule has 0 bridgehead atoms. The Kier molecular flexibility index (Phi) is 5.48. The van der Waals surface area contributed by atoms with Gasteiger partial charge in [0.1, 0.15) is 5.82 Å². The number of pyridine rings is 1. The van der Waals surface area contributed by atoms with Crippen molar-refractivity contribution in [1.29, 1.82) is 0 Å². The number of carbonyl (C=O) groups is 1. The lowest BCUT2D eigenvalue weighted by Gasteiger charge is -2.35. The van der Waals surface area contributed by atoms with Crippen LogP contribution in [0.3, 0.4) is 0 Å². The summed E-state index contributed by atoms with van der Waals surface area (Å²) >= 11 is 5.87. The molecule has 0 N–H and O–H groups in total. The number of halogens is 1. The lowest BCUT2D eigenvalue weighted by Crippen LogP contribution is -2.49. The molecule has 1 aromatic carbocycles. The maximum atomic E-state index is 12.7. The largest absolute Gasteiger partial charge is 0.353 e. The van der Waals surface area contributed by atoms with Gasteiger partial charge in [-0.15, -0.1) is 0 Å². The Balaban J connectivity index is 1.63. The number of nitrogens with zero attached hydrogens (tertiary/aromatic N) is 4. The third-order valence-corrected chi connectivity index (χ3v) is 4.92. The first kappa shape index (κ1) is 18.7. The first-order valence-electron chi connectivity index (χ1n) is 8.25. The molecule has 1 saturated heterocycles. The van der Waals surface area contributed by atoms with Gasteiger partial charge < -0.3 is 9.80 Å². The van der Waals surface area contributed by atoms with Gasteiger partial charge in [0.2, 0.25) is 0 Å². The van der Waals surface area contributed by atoms with Gasteiger partial charge in [-0.3, -0.25) is 4.79 Å². The zero-order valence-electron chi connectivity index (χ0n) is 14.8. The van der Waals surface area contributed by atoms with Gasteiger partial charge in [-0.05, 0) is 36.4 Å². The molecule has 3 rings (SSSR count). The SMILES string of the molecule is CS(C)(=O)=Nc1ccc(C(=O)N2CCN(c3ccc(Cl)cn3)CC2)cc1. The zero-order chi connectivity index (χ0) is 18.7. The fraction of sp³-hybridized carbons (Fsp3) is 0.333. The van der Waals surface area contributed by atoms with Crippen molar-refractivity contribution in [3.05, 3.63) is 53.2 Å². The standard InChI is InChI=1S/C18H21ClN4O2S/c1-26(2,25)21-16-6-3-14(4-7-16)18(24)23-11-9-22(10-12-23)17-8-5-15(19)13-20-17/h3-8,13H,9-12H2,1-2H3. The minimum Gasteiger partial charge on any atom is -0.353 e. The number of benzene rings is 1. The molecule has 138 valence electrons. The Bertz CT molecular complexity index is 890. The van der Waals surface area contributed by atoms with Gasteiger partial charge in [0, 0.05) is 60.2 Å². The molecule has 8 heteroatoms. The van der Waals surface area contributed by atoms with Gasteiger partial charge in [0.05, 0.1) is 10.7 Å². The number of carbonyl (C=O) groups excluding carboxylic acids is 1. The van der Waals surface area contributed by atoms with Crippen LogP contribution < -0.4 is 4.90 Å². The number of rotatable bonds is 3. The van der Waals surface area contributed by atoms with Crippen molar-refractivity contribution in [3.8, 4) is 0 Å². The van der Waals surface area contributed by atoms with E-state index in [9.17, 15) is 9.00 Å². The molecule has 0 aliphatic carbocycles. The van der Waals surface area contributed by atoms with E-state index in [-0.39, 0.29) is 5.91 Å². The minimum absolute atomic E-state index is 0.00556. The van der Waals surface area contributed by atoms with Crippen LogP contribution in [0.1, 0.15) is 10.4 Å². The van der Waals surface area contributed by atoms with Crippen LogP contribution in [0.15, 0.2) is 47.0 Å². The van der Waals surface area contributed by atoms with Gasteiger partial charge >= 0.3 is 0 Å². The number of piperazine rings is 1. The van der Waals surface area contributed by atoms with Crippen molar-refractivity contribution >= 4 is 38.7 Å². The molecule has 2 aromatic rings. The molecule has 0 radical (unpaired) electrons. The van der Waals surface area contributed by atoms with E-state index in [1.165, 1.54) is 0 Å². The summed E-state index contributed by atoms with van der Waals surface area (Å²) in [7, 11) is -2.21. The maximum Gasteiger partial charge on any atom is 0.253 e. The van der Waals surface area contributed by atoms with Crippen molar-refractivity contribution in [2.75, 3.05) is 43.6 Å². The molecule has 26 heavy (non-hydrogen) atoms. The second kappa shape index (κ2) is 7.63. The molecular formula is C18H21ClN4O2S. The summed E-state index contributed by atoms with van der Waals surface area (Å²) < 4.78 is 15.9. The third-order valence-electron chi connectivity index (χ3n) is 4.04. The summed E-state index contributed by atoms with van der Waals surface area (Å²) in [6.07, 6.45) is 4.80. The Morgan fingerprint density at radius 1 is 1.08 bits per heavy atom. The van der Waals surface area contributed by atoms with E-state index in [0.29, 0.717) is 29.4 Å². The van der Waals surface area contributed by atoms with Crippen LogP contribution >= 0.6 is 11.6 Å². The highest BCUT2D eigenvalue weighted by molar-refractivity contribution is 7.92. The van der Waals surface area contributed by atoms with Crippen LogP contribution in [0, 0.1) is 0 Å². The highest BCUT2D eigenvalue weighted by Crippen LogP contribution is 2.19. The number of amides is 1. The van der Waals surface area contributed by atoms with Crippen molar-refractivity contribution in [2.24, 2.45) is 4.36 Å². The van der Waals surface area contributed by atoms with Crippen LogP contribution in [0.25, 0.3) is 0 Å². The summed E-state index contributed by atoms with van der Waals surface area (Å²) in [4.78, 5) is 21.0. The molecule has 1 fully saturated rings. The van der Waals surface area contributed by atoms with Gasteiger partial charge in [-0.1, -0.05) is 11.6 Å². The van der Waals surface area contributed by atoms with Crippen molar-refractivity contribution < 1.29 is 9.00 Å². The number of aromatic nitrogens is 1. The van der Waals surface area contributed by atoms with E-state index in [4.69, 9.17) is 11.6 Å². The maximum absolute atomic E-state index is 12.7. The Hall–Kier alpha value is -2.12. The highest BCUT2D eigenvalue weighted by atomic mass is 35.5. The van der Waals surface area contributed by atoms with E-state index < -0.39 is 9.73 Å². The average Bonchev–Trinajstić information content (AvgIpc) is 2.61. The predicted octanol–water partition coefficient (Wildman–Crippen LogP) is 3.06. The number of anilines is 1. The van der Waals surface area contributed by atoms with E-state index in [1.54, 1.807) is 43.0 Å². The quantitative estimate of drug-likeness (QED) is 0.805. The monoisotopic (exact) mass is 392 g/mol. The van der Waals surface area contributed by atoms with Crippen LogP contribution in [0.5, 0.6) is 0 Å². The first-order chi connectivity index (χ1) is 12.3. The first-order valence-corrected chi connectivity index (χ1v) is 11.0. The second-order valence-electron chi connectivity index (χ2n) is 6.43. The average molecular weight is 393 g/mol. The van der Waals surface area contributed by atoms with E-state index in [0.717, 1.165) is 18.9 Å².